The second-order valence-electron chi connectivity index (χ2n) is 7.85. The standard InChI is InChI=1S/C25H26N2O3/c1-4-6-19-7-5-8-20-16-21(25(29)30-23(19)20)24(28)27-13-11-26(12-14-27)22-15-17(2)9-10-18(22)3/h4-5,7-10,15-16H,1,6,11-14H2,2-3H3. The number of nitrogens with zero attached hydrogens (tertiary/aromatic N) is 2. The smallest absolute Gasteiger partial charge is 0.349 e. The Morgan fingerprint density at radius 3 is 2.60 bits per heavy atom. The minimum atomic E-state index is -0.582. The fourth-order valence-electron chi connectivity index (χ4n) is 4.05. The molecule has 0 atom stereocenters. The van der Waals surface area contributed by atoms with Crippen molar-refractivity contribution in [2.45, 2.75) is 20.3 Å². The van der Waals surface area contributed by atoms with Crippen molar-refractivity contribution in [1.82, 2.24) is 4.90 Å². The summed E-state index contributed by atoms with van der Waals surface area (Å²) < 4.78 is 5.55. The van der Waals surface area contributed by atoms with E-state index in [9.17, 15) is 9.59 Å². The first-order valence-electron chi connectivity index (χ1n) is 10.3. The molecule has 3 aromatic rings. The Hall–Kier alpha value is -3.34. The van der Waals surface area contributed by atoms with E-state index in [1.54, 1.807) is 17.0 Å². The molecule has 1 amide bonds. The summed E-state index contributed by atoms with van der Waals surface area (Å²) in [6, 6.07) is 13.7. The Labute approximate surface area is 176 Å². The van der Waals surface area contributed by atoms with Gasteiger partial charge < -0.3 is 14.2 Å². The summed E-state index contributed by atoms with van der Waals surface area (Å²) in [4.78, 5) is 29.7. The molecule has 0 unspecified atom stereocenters. The van der Waals surface area contributed by atoms with Crippen molar-refractivity contribution in [2.75, 3.05) is 31.1 Å². The molecule has 4 rings (SSSR count). The van der Waals surface area contributed by atoms with Crippen LogP contribution in [0.5, 0.6) is 0 Å². The summed E-state index contributed by atoms with van der Waals surface area (Å²) >= 11 is 0. The van der Waals surface area contributed by atoms with Gasteiger partial charge in [-0.25, -0.2) is 4.79 Å². The van der Waals surface area contributed by atoms with Crippen LogP contribution in [0.2, 0.25) is 0 Å². The van der Waals surface area contributed by atoms with Crippen molar-refractivity contribution in [3.05, 3.63) is 87.8 Å². The van der Waals surface area contributed by atoms with Gasteiger partial charge in [0.05, 0.1) is 0 Å². The molecule has 1 aromatic heterocycles. The maximum atomic E-state index is 13.1. The van der Waals surface area contributed by atoms with Gasteiger partial charge in [-0.1, -0.05) is 36.4 Å². The number of allylic oxidation sites excluding steroid dienone is 1. The lowest BCUT2D eigenvalue weighted by Gasteiger charge is -2.36. The zero-order valence-electron chi connectivity index (χ0n) is 17.5. The Balaban J connectivity index is 1.55. The predicted octanol–water partition coefficient (Wildman–Crippen LogP) is 4.10. The summed E-state index contributed by atoms with van der Waals surface area (Å²) in [6.07, 6.45) is 2.37. The average Bonchev–Trinajstić information content (AvgIpc) is 2.75. The molecular formula is C25H26N2O3. The number of benzene rings is 2. The number of carbonyl (C=O) groups excluding carboxylic acids is 1. The number of hydrogen-bond donors (Lipinski definition) is 0. The fourth-order valence-corrected chi connectivity index (χ4v) is 4.05. The molecule has 30 heavy (non-hydrogen) atoms. The number of carbonyl (C=O) groups is 1. The molecule has 2 aromatic carbocycles. The maximum absolute atomic E-state index is 13.1. The van der Waals surface area contributed by atoms with E-state index < -0.39 is 5.63 Å². The number of aryl methyl sites for hydroxylation is 2. The lowest BCUT2D eigenvalue weighted by Crippen LogP contribution is -2.49. The highest BCUT2D eigenvalue weighted by atomic mass is 16.4. The monoisotopic (exact) mass is 402 g/mol. The molecular weight excluding hydrogens is 376 g/mol. The summed E-state index contributed by atoms with van der Waals surface area (Å²) in [5.74, 6) is -0.264. The molecule has 0 saturated carbocycles. The van der Waals surface area contributed by atoms with Gasteiger partial charge in [0.1, 0.15) is 11.1 Å². The zero-order chi connectivity index (χ0) is 21.3. The third kappa shape index (κ3) is 3.75. The molecule has 1 fully saturated rings. The predicted molar refractivity (Wildman–Crippen MR) is 120 cm³/mol. The lowest BCUT2D eigenvalue weighted by atomic mass is 10.1. The average molecular weight is 402 g/mol. The molecule has 5 heteroatoms. The van der Waals surface area contributed by atoms with Crippen LogP contribution in [0.3, 0.4) is 0 Å². The van der Waals surface area contributed by atoms with Gasteiger partial charge in [0.15, 0.2) is 0 Å². The van der Waals surface area contributed by atoms with Crippen LogP contribution in [0.25, 0.3) is 11.0 Å². The highest BCUT2D eigenvalue weighted by Crippen LogP contribution is 2.24. The first-order valence-corrected chi connectivity index (χ1v) is 10.3. The quantitative estimate of drug-likeness (QED) is 0.487. The van der Waals surface area contributed by atoms with Crippen LogP contribution in [0.15, 0.2) is 64.3 Å². The van der Waals surface area contributed by atoms with Gasteiger partial charge in [-0.15, -0.1) is 6.58 Å². The van der Waals surface area contributed by atoms with E-state index in [4.69, 9.17) is 4.42 Å². The Morgan fingerprint density at radius 2 is 1.87 bits per heavy atom. The molecule has 2 heterocycles. The summed E-state index contributed by atoms with van der Waals surface area (Å²) in [7, 11) is 0. The maximum Gasteiger partial charge on any atom is 0.349 e. The first kappa shape index (κ1) is 20.0. The topological polar surface area (TPSA) is 53.8 Å². The minimum Gasteiger partial charge on any atom is -0.422 e. The summed E-state index contributed by atoms with van der Waals surface area (Å²) in [6.45, 7) is 10.5. The van der Waals surface area contributed by atoms with E-state index in [0.29, 0.717) is 25.1 Å². The van der Waals surface area contributed by atoms with Crippen LogP contribution in [0, 0.1) is 13.8 Å². The van der Waals surface area contributed by atoms with Crippen molar-refractivity contribution < 1.29 is 9.21 Å². The third-order valence-electron chi connectivity index (χ3n) is 5.71. The highest BCUT2D eigenvalue weighted by Gasteiger charge is 2.25. The Bertz CT molecular complexity index is 1170. The van der Waals surface area contributed by atoms with Gasteiger partial charge in [-0.3, -0.25) is 4.79 Å². The molecule has 0 spiro atoms. The molecule has 1 saturated heterocycles. The molecule has 0 N–H and O–H groups in total. The molecule has 0 aliphatic carbocycles. The molecule has 154 valence electrons. The molecule has 5 nitrogen and oxygen atoms in total. The minimum absolute atomic E-state index is 0.0958. The zero-order valence-corrected chi connectivity index (χ0v) is 17.5. The summed E-state index contributed by atoms with van der Waals surface area (Å²) in [5.41, 5.74) is 4.59. The Morgan fingerprint density at radius 1 is 1.10 bits per heavy atom. The second kappa shape index (κ2) is 8.19. The van der Waals surface area contributed by atoms with Crippen molar-refractivity contribution >= 4 is 22.6 Å². The second-order valence-corrected chi connectivity index (χ2v) is 7.85. The first-order chi connectivity index (χ1) is 14.5. The lowest BCUT2D eigenvalue weighted by molar-refractivity contribution is 0.0742. The summed E-state index contributed by atoms with van der Waals surface area (Å²) in [5, 5.41) is 0.756. The van der Waals surface area contributed by atoms with E-state index in [1.165, 1.54) is 16.8 Å². The number of amides is 1. The van der Waals surface area contributed by atoms with Gasteiger partial charge in [-0.05, 0) is 49.1 Å². The van der Waals surface area contributed by atoms with Crippen LogP contribution >= 0.6 is 0 Å². The van der Waals surface area contributed by atoms with Gasteiger partial charge in [0.25, 0.3) is 5.91 Å². The molecule has 1 aliphatic heterocycles. The normalized spacial score (nSPS) is 14.2. The van der Waals surface area contributed by atoms with E-state index >= 15 is 0 Å². The number of anilines is 1. The molecule has 1 aliphatic rings. The van der Waals surface area contributed by atoms with E-state index in [0.717, 1.165) is 24.0 Å². The number of fused-ring (bicyclic) bond motifs is 1. The number of rotatable bonds is 4. The van der Waals surface area contributed by atoms with Gasteiger partial charge in [-0.2, -0.15) is 0 Å². The number of piperazine rings is 1. The van der Waals surface area contributed by atoms with Crippen molar-refractivity contribution in [1.29, 1.82) is 0 Å². The Kier molecular flexibility index (Phi) is 5.44. The van der Waals surface area contributed by atoms with Crippen LogP contribution in [0.1, 0.15) is 27.0 Å². The molecule has 0 bridgehead atoms. The SMILES string of the molecule is C=CCc1cccc2cc(C(=O)N3CCN(c4cc(C)ccc4C)CC3)c(=O)oc12. The van der Waals surface area contributed by atoms with E-state index in [1.807, 2.05) is 18.2 Å². The highest BCUT2D eigenvalue weighted by molar-refractivity contribution is 5.97. The van der Waals surface area contributed by atoms with Crippen molar-refractivity contribution in [2.24, 2.45) is 0 Å². The van der Waals surface area contributed by atoms with Crippen LogP contribution < -0.4 is 10.5 Å². The van der Waals surface area contributed by atoms with Crippen molar-refractivity contribution in [3.63, 3.8) is 0 Å². The van der Waals surface area contributed by atoms with Gasteiger partial charge >= 0.3 is 5.63 Å². The van der Waals surface area contributed by atoms with E-state index in [-0.39, 0.29) is 11.5 Å². The van der Waals surface area contributed by atoms with Crippen LogP contribution in [-0.2, 0) is 6.42 Å². The number of hydrogen-bond acceptors (Lipinski definition) is 4. The van der Waals surface area contributed by atoms with Gasteiger partial charge in [0.2, 0.25) is 0 Å². The fraction of sp³-hybridized carbons (Fsp3) is 0.280. The largest absolute Gasteiger partial charge is 0.422 e. The van der Waals surface area contributed by atoms with Gasteiger partial charge in [0, 0.05) is 37.3 Å². The van der Waals surface area contributed by atoms with Crippen LogP contribution in [0.4, 0.5) is 5.69 Å². The van der Waals surface area contributed by atoms with E-state index in [2.05, 4.69) is 43.5 Å². The number of para-hydroxylation sites is 1. The van der Waals surface area contributed by atoms with Crippen LogP contribution in [-0.4, -0.2) is 37.0 Å². The molecule has 0 radical (unpaired) electrons. The van der Waals surface area contributed by atoms with Crippen molar-refractivity contribution in [3.8, 4) is 0 Å². The third-order valence-corrected chi connectivity index (χ3v) is 5.71.